The average molecular weight is 343 g/mol. The van der Waals surface area contributed by atoms with Crippen molar-refractivity contribution in [3.63, 3.8) is 0 Å². The first-order valence-corrected chi connectivity index (χ1v) is 5.81. The Labute approximate surface area is 112 Å². The molecule has 0 aliphatic carbocycles. The zero-order valence-electron chi connectivity index (χ0n) is 8.79. The van der Waals surface area contributed by atoms with Gasteiger partial charge in [0, 0.05) is 15.7 Å². The second kappa shape index (κ2) is 6.85. The van der Waals surface area contributed by atoms with E-state index in [2.05, 4.69) is 22.6 Å². The van der Waals surface area contributed by atoms with Gasteiger partial charge in [0.15, 0.2) is 0 Å². The fourth-order valence-corrected chi connectivity index (χ4v) is 1.35. The molecule has 0 radical (unpaired) electrons. The van der Waals surface area contributed by atoms with E-state index < -0.39 is 4.92 Å². The van der Waals surface area contributed by atoms with Gasteiger partial charge in [-0.2, -0.15) is 0 Å². The zero-order chi connectivity index (χ0) is 12.7. The van der Waals surface area contributed by atoms with Crippen LogP contribution in [0.2, 0.25) is 0 Å². The highest BCUT2D eigenvalue weighted by atomic mass is 127. The first-order chi connectivity index (χ1) is 8.09. The van der Waals surface area contributed by atoms with Crippen LogP contribution in [0.25, 0.3) is 0 Å². The van der Waals surface area contributed by atoms with Gasteiger partial charge in [0.1, 0.15) is 5.75 Å². The number of nitrogens with zero attached hydrogens (tertiary/aromatic N) is 1. The summed E-state index contributed by atoms with van der Waals surface area (Å²) < 4.78 is 1.00. The minimum Gasteiger partial charge on any atom is -0.508 e. The van der Waals surface area contributed by atoms with Crippen molar-refractivity contribution < 1.29 is 10.0 Å². The van der Waals surface area contributed by atoms with E-state index in [4.69, 9.17) is 5.11 Å². The largest absolute Gasteiger partial charge is 0.508 e. The molecule has 0 unspecified atom stereocenters. The van der Waals surface area contributed by atoms with E-state index in [1.165, 1.54) is 12.1 Å². The number of phenolic OH excluding ortho intramolecular Hbond substituents is 1. The molecule has 4 nitrogen and oxygen atoms in total. The van der Waals surface area contributed by atoms with Crippen molar-refractivity contribution in [3.05, 3.63) is 68.3 Å². The maximum atomic E-state index is 10.1. The number of nitro benzene ring substituents is 1. The number of halogens is 1. The minimum atomic E-state index is -0.407. The van der Waals surface area contributed by atoms with Crippen molar-refractivity contribution in [2.45, 2.75) is 0 Å². The van der Waals surface area contributed by atoms with Gasteiger partial charge in [-0.05, 0) is 46.9 Å². The quantitative estimate of drug-likeness (QED) is 0.489. The molecule has 2 rings (SSSR count). The van der Waals surface area contributed by atoms with E-state index in [9.17, 15) is 10.1 Å². The predicted molar refractivity (Wildman–Crippen MR) is 73.9 cm³/mol. The van der Waals surface area contributed by atoms with Crippen LogP contribution in [0, 0.1) is 13.7 Å². The molecule has 2 aromatic carbocycles. The molecule has 88 valence electrons. The van der Waals surface area contributed by atoms with Gasteiger partial charge in [0.2, 0.25) is 0 Å². The summed E-state index contributed by atoms with van der Waals surface area (Å²) in [7, 11) is 0. The monoisotopic (exact) mass is 343 g/mol. The number of hydrogen-bond acceptors (Lipinski definition) is 3. The zero-order valence-corrected chi connectivity index (χ0v) is 10.9. The smallest absolute Gasteiger partial charge is 0.269 e. The molecule has 0 spiro atoms. The van der Waals surface area contributed by atoms with Gasteiger partial charge >= 0.3 is 0 Å². The molecule has 0 aromatic heterocycles. The summed E-state index contributed by atoms with van der Waals surface area (Å²) in [6.07, 6.45) is 0. The van der Waals surface area contributed by atoms with E-state index in [1.807, 2.05) is 6.07 Å². The van der Waals surface area contributed by atoms with E-state index in [-0.39, 0.29) is 5.69 Å². The van der Waals surface area contributed by atoms with Crippen LogP contribution in [-0.2, 0) is 0 Å². The van der Waals surface area contributed by atoms with Crippen LogP contribution < -0.4 is 0 Å². The molecule has 0 atom stereocenters. The summed E-state index contributed by atoms with van der Waals surface area (Å²) in [5.41, 5.74) is 0.139. The summed E-state index contributed by atoms with van der Waals surface area (Å²) in [4.78, 5) is 9.71. The van der Waals surface area contributed by atoms with Crippen molar-refractivity contribution in [3.8, 4) is 5.75 Å². The first kappa shape index (κ1) is 13.4. The summed E-state index contributed by atoms with van der Waals surface area (Å²) in [6.45, 7) is 0. The van der Waals surface area contributed by atoms with Crippen molar-refractivity contribution in [1.82, 2.24) is 0 Å². The molecule has 2 aromatic rings. The Balaban J connectivity index is 0.000000181. The lowest BCUT2D eigenvalue weighted by molar-refractivity contribution is -0.384. The first-order valence-electron chi connectivity index (χ1n) is 4.73. The third kappa shape index (κ3) is 5.30. The highest BCUT2D eigenvalue weighted by molar-refractivity contribution is 14.1. The van der Waals surface area contributed by atoms with Gasteiger partial charge in [0.25, 0.3) is 5.69 Å². The fraction of sp³-hybridized carbons (Fsp3) is 0. The van der Waals surface area contributed by atoms with Gasteiger partial charge < -0.3 is 5.11 Å². The second-order valence-corrected chi connectivity index (χ2v) is 4.31. The SMILES string of the molecule is O=[N+]([O-])c1ccc(I)cc1.Oc1ccccc1. The molecule has 0 amide bonds. The minimum absolute atomic E-state index is 0.139. The van der Waals surface area contributed by atoms with Crippen LogP contribution in [0.15, 0.2) is 54.6 Å². The number of aromatic hydroxyl groups is 1. The summed E-state index contributed by atoms with van der Waals surface area (Å²) in [5, 5.41) is 18.7. The van der Waals surface area contributed by atoms with Crippen LogP contribution in [0.3, 0.4) is 0 Å². The third-order valence-corrected chi connectivity index (χ3v) is 2.51. The molecule has 0 heterocycles. The van der Waals surface area contributed by atoms with E-state index in [0.717, 1.165) is 3.57 Å². The molecule has 0 saturated heterocycles. The third-order valence-electron chi connectivity index (χ3n) is 1.79. The molecule has 0 bridgehead atoms. The van der Waals surface area contributed by atoms with Gasteiger partial charge in [0.05, 0.1) is 4.92 Å². The number of phenols is 1. The molecule has 0 saturated carbocycles. The van der Waals surface area contributed by atoms with Gasteiger partial charge in [-0.15, -0.1) is 0 Å². The number of benzene rings is 2. The normalized spacial score (nSPS) is 9.00. The second-order valence-electron chi connectivity index (χ2n) is 3.07. The maximum Gasteiger partial charge on any atom is 0.269 e. The van der Waals surface area contributed by atoms with Gasteiger partial charge in [-0.3, -0.25) is 10.1 Å². The van der Waals surface area contributed by atoms with Crippen molar-refractivity contribution in [1.29, 1.82) is 0 Å². The molecular formula is C12H10INO3. The molecule has 0 fully saturated rings. The number of para-hydroxylation sites is 1. The Kier molecular flexibility index (Phi) is 5.41. The standard InChI is InChI=1S/C6H4INO2.C6H6O/c7-5-1-3-6(4-2-5)8(9)10;7-6-4-2-1-3-5-6/h1-4H;1-5,7H. The Morgan fingerprint density at radius 2 is 1.53 bits per heavy atom. The highest BCUT2D eigenvalue weighted by Crippen LogP contribution is 2.12. The molecule has 0 aliphatic rings. The van der Waals surface area contributed by atoms with Crippen LogP contribution in [0.5, 0.6) is 5.75 Å². The Morgan fingerprint density at radius 1 is 1.00 bits per heavy atom. The van der Waals surface area contributed by atoms with Crippen LogP contribution in [0.1, 0.15) is 0 Å². The predicted octanol–water partition coefficient (Wildman–Crippen LogP) is 3.59. The topological polar surface area (TPSA) is 63.4 Å². The average Bonchev–Trinajstić information content (AvgIpc) is 2.31. The molecular weight excluding hydrogens is 333 g/mol. The Morgan fingerprint density at radius 3 is 1.88 bits per heavy atom. The Hall–Kier alpha value is -1.63. The van der Waals surface area contributed by atoms with E-state index >= 15 is 0 Å². The lowest BCUT2D eigenvalue weighted by atomic mass is 10.3. The van der Waals surface area contributed by atoms with Crippen LogP contribution >= 0.6 is 22.6 Å². The van der Waals surface area contributed by atoms with Crippen LogP contribution in [-0.4, -0.2) is 10.0 Å². The molecule has 0 aliphatic heterocycles. The lowest BCUT2D eigenvalue weighted by Gasteiger charge is -1.88. The summed E-state index contributed by atoms with van der Waals surface area (Å²) in [6, 6.07) is 15.1. The van der Waals surface area contributed by atoms with Gasteiger partial charge in [-0.1, -0.05) is 18.2 Å². The summed E-state index contributed by atoms with van der Waals surface area (Å²) >= 11 is 2.10. The number of nitro groups is 1. The number of rotatable bonds is 1. The highest BCUT2D eigenvalue weighted by Gasteiger charge is 2.01. The molecule has 17 heavy (non-hydrogen) atoms. The maximum absolute atomic E-state index is 10.1. The van der Waals surface area contributed by atoms with Crippen molar-refractivity contribution >= 4 is 28.3 Å². The Bertz CT molecular complexity index is 471. The number of non-ortho nitro benzene ring substituents is 1. The van der Waals surface area contributed by atoms with E-state index in [1.54, 1.807) is 36.4 Å². The molecule has 5 heteroatoms. The van der Waals surface area contributed by atoms with Gasteiger partial charge in [-0.25, -0.2) is 0 Å². The summed E-state index contributed by atoms with van der Waals surface area (Å²) in [5.74, 6) is 0.322. The molecule has 1 N–H and O–H groups in total. The van der Waals surface area contributed by atoms with Crippen molar-refractivity contribution in [2.24, 2.45) is 0 Å². The van der Waals surface area contributed by atoms with Crippen LogP contribution in [0.4, 0.5) is 5.69 Å². The fourth-order valence-electron chi connectivity index (χ4n) is 0.991. The number of hydrogen-bond donors (Lipinski definition) is 1. The van der Waals surface area contributed by atoms with Crippen molar-refractivity contribution in [2.75, 3.05) is 0 Å². The van der Waals surface area contributed by atoms with E-state index in [0.29, 0.717) is 5.75 Å². The lowest BCUT2D eigenvalue weighted by Crippen LogP contribution is -1.86.